The lowest BCUT2D eigenvalue weighted by atomic mass is 9.81. The fraction of sp³-hybridized carbons (Fsp3) is 0.571. The van der Waals surface area contributed by atoms with E-state index in [2.05, 4.69) is 10.6 Å². The molecular weight excluding hydrogens is 413 g/mol. The maximum atomic E-state index is 13.4. The van der Waals surface area contributed by atoms with E-state index >= 15 is 0 Å². The van der Waals surface area contributed by atoms with Crippen LogP contribution in [0.15, 0.2) is 18.2 Å². The number of hydrogen-bond acceptors (Lipinski definition) is 4. The highest BCUT2D eigenvalue weighted by molar-refractivity contribution is 6.30. The molecule has 1 aliphatic carbocycles. The molecule has 0 spiro atoms. The molecule has 0 aromatic heterocycles. The van der Waals surface area contributed by atoms with Crippen molar-refractivity contribution in [2.45, 2.75) is 44.2 Å². The smallest absolute Gasteiger partial charge is 0.264 e. The van der Waals surface area contributed by atoms with Crippen LogP contribution >= 0.6 is 11.6 Å². The van der Waals surface area contributed by atoms with Gasteiger partial charge in [0, 0.05) is 44.0 Å². The molecule has 164 valence electrons. The molecule has 3 N–H and O–H groups in total. The second-order valence-electron chi connectivity index (χ2n) is 8.15. The monoisotopic (exact) mass is 439 g/mol. The molecule has 1 aromatic carbocycles. The van der Waals surface area contributed by atoms with Gasteiger partial charge in [-0.1, -0.05) is 11.6 Å². The van der Waals surface area contributed by atoms with E-state index in [0.29, 0.717) is 18.7 Å². The predicted molar refractivity (Wildman–Crippen MR) is 109 cm³/mol. The Kier molecular flexibility index (Phi) is 6.98. The van der Waals surface area contributed by atoms with Crippen LogP contribution < -0.4 is 10.6 Å². The van der Waals surface area contributed by atoms with Crippen LogP contribution in [0, 0.1) is 17.7 Å². The van der Waals surface area contributed by atoms with Crippen molar-refractivity contribution >= 4 is 29.3 Å². The second kappa shape index (κ2) is 9.31. The number of halogens is 2. The Balaban J connectivity index is 1.53. The Morgan fingerprint density at radius 1 is 1.27 bits per heavy atom. The van der Waals surface area contributed by atoms with E-state index in [0.717, 1.165) is 31.7 Å². The summed E-state index contributed by atoms with van der Waals surface area (Å²) >= 11 is 5.80. The SMILES string of the molecule is CNC(=O)[C@H]1CC[C@H](CN2CCC(O)(C(=O)NCc3cc(F)cc(Cl)c3)C2=O)CC1. The molecule has 9 heteroatoms. The number of rotatable bonds is 6. The lowest BCUT2D eigenvalue weighted by Gasteiger charge is -2.31. The topological polar surface area (TPSA) is 98.7 Å². The van der Waals surface area contributed by atoms with Gasteiger partial charge in [0.2, 0.25) is 11.5 Å². The van der Waals surface area contributed by atoms with E-state index in [1.807, 2.05) is 0 Å². The molecule has 0 bridgehead atoms. The number of nitrogens with zero attached hydrogens (tertiary/aromatic N) is 1. The average Bonchev–Trinajstić information content (AvgIpc) is 3.01. The van der Waals surface area contributed by atoms with Crippen molar-refractivity contribution in [3.63, 3.8) is 0 Å². The Morgan fingerprint density at radius 2 is 1.97 bits per heavy atom. The van der Waals surface area contributed by atoms with Crippen LogP contribution in [0.25, 0.3) is 0 Å². The molecule has 7 nitrogen and oxygen atoms in total. The maximum absolute atomic E-state index is 13.4. The third kappa shape index (κ3) is 4.92. The minimum absolute atomic E-state index is 0.00909. The molecule has 1 aliphatic heterocycles. The van der Waals surface area contributed by atoms with Crippen molar-refractivity contribution in [3.05, 3.63) is 34.6 Å². The number of hydrogen-bond donors (Lipinski definition) is 3. The van der Waals surface area contributed by atoms with Gasteiger partial charge >= 0.3 is 0 Å². The average molecular weight is 440 g/mol. The predicted octanol–water partition coefficient (Wildman–Crippen LogP) is 1.61. The first kappa shape index (κ1) is 22.5. The molecule has 1 atom stereocenters. The summed E-state index contributed by atoms with van der Waals surface area (Å²) in [5.41, 5.74) is -1.68. The first-order valence-electron chi connectivity index (χ1n) is 10.2. The van der Waals surface area contributed by atoms with E-state index in [1.165, 1.54) is 17.0 Å². The Hall–Kier alpha value is -2.19. The number of benzene rings is 1. The second-order valence-corrected chi connectivity index (χ2v) is 8.59. The van der Waals surface area contributed by atoms with Crippen LogP contribution in [-0.4, -0.2) is 53.5 Å². The van der Waals surface area contributed by atoms with E-state index in [9.17, 15) is 23.9 Å². The first-order chi connectivity index (χ1) is 14.2. The van der Waals surface area contributed by atoms with Crippen LogP contribution in [-0.2, 0) is 20.9 Å². The maximum Gasteiger partial charge on any atom is 0.264 e. The van der Waals surface area contributed by atoms with Crippen molar-refractivity contribution in [3.8, 4) is 0 Å². The molecule has 2 fully saturated rings. The molecule has 2 aliphatic rings. The molecule has 1 aromatic rings. The van der Waals surface area contributed by atoms with Crippen LogP contribution in [0.1, 0.15) is 37.7 Å². The van der Waals surface area contributed by atoms with Gasteiger partial charge in [0.15, 0.2) is 0 Å². The van der Waals surface area contributed by atoms with Gasteiger partial charge in [-0.05, 0) is 55.4 Å². The van der Waals surface area contributed by atoms with E-state index in [-0.39, 0.29) is 35.7 Å². The van der Waals surface area contributed by atoms with Gasteiger partial charge in [-0.25, -0.2) is 4.39 Å². The fourth-order valence-electron chi connectivity index (χ4n) is 4.32. The molecule has 1 saturated carbocycles. The highest BCUT2D eigenvalue weighted by Gasteiger charge is 2.51. The lowest BCUT2D eigenvalue weighted by Crippen LogP contribution is -2.52. The van der Waals surface area contributed by atoms with Gasteiger partial charge in [-0.15, -0.1) is 0 Å². The molecule has 3 amide bonds. The standard InChI is InChI=1S/C21H27ClFN3O4/c1-24-18(27)15-4-2-13(3-5-15)12-26-7-6-21(30,20(26)29)19(28)25-11-14-8-16(22)10-17(23)9-14/h8-10,13,15,30H,2-7,11-12H2,1H3,(H,24,27)(H,25,28)/t13-,15-,21?. The Bertz CT molecular complexity index is 808. The number of carbonyl (C=O) groups is 3. The minimum Gasteiger partial charge on any atom is -0.372 e. The van der Waals surface area contributed by atoms with Crippen LogP contribution in [0.4, 0.5) is 4.39 Å². The van der Waals surface area contributed by atoms with Crippen LogP contribution in [0.2, 0.25) is 5.02 Å². The number of likely N-dealkylation sites (tertiary alicyclic amines) is 1. The highest BCUT2D eigenvalue weighted by Crippen LogP contribution is 2.32. The number of aliphatic hydroxyl groups is 1. The summed E-state index contributed by atoms with van der Waals surface area (Å²) in [5, 5.41) is 16.1. The fourth-order valence-corrected chi connectivity index (χ4v) is 4.56. The number of carbonyl (C=O) groups excluding carboxylic acids is 3. The zero-order chi connectivity index (χ0) is 21.9. The molecular formula is C21H27ClFN3O4. The normalized spacial score (nSPS) is 26.5. The molecule has 1 unspecified atom stereocenters. The largest absolute Gasteiger partial charge is 0.372 e. The number of nitrogens with one attached hydrogen (secondary N) is 2. The zero-order valence-electron chi connectivity index (χ0n) is 16.9. The summed E-state index contributed by atoms with van der Waals surface area (Å²) in [5.74, 6) is -1.62. The van der Waals surface area contributed by atoms with Crippen LogP contribution in [0.3, 0.4) is 0 Å². The van der Waals surface area contributed by atoms with Gasteiger partial charge in [-0.3, -0.25) is 14.4 Å². The summed E-state index contributed by atoms with van der Waals surface area (Å²) in [4.78, 5) is 38.6. The van der Waals surface area contributed by atoms with Crippen molar-refractivity contribution in [1.29, 1.82) is 0 Å². The summed E-state index contributed by atoms with van der Waals surface area (Å²) in [6, 6.07) is 3.89. The van der Waals surface area contributed by atoms with Crippen molar-refractivity contribution in [2.24, 2.45) is 11.8 Å². The van der Waals surface area contributed by atoms with Gasteiger partial charge in [0.05, 0.1) is 0 Å². The molecule has 0 radical (unpaired) electrons. The van der Waals surface area contributed by atoms with E-state index < -0.39 is 23.2 Å². The van der Waals surface area contributed by atoms with E-state index in [4.69, 9.17) is 11.6 Å². The minimum atomic E-state index is -2.11. The van der Waals surface area contributed by atoms with Gasteiger partial charge in [0.25, 0.3) is 11.8 Å². The van der Waals surface area contributed by atoms with Crippen molar-refractivity contribution in [1.82, 2.24) is 15.5 Å². The third-order valence-corrected chi connectivity index (χ3v) is 6.30. The quantitative estimate of drug-likeness (QED) is 0.586. The van der Waals surface area contributed by atoms with Gasteiger partial charge in [-0.2, -0.15) is 0 Å². The van der Waals surface area contributed by atoms with Crippen molar-refractivity contribution in [2.75, 3.05) is 20.1 Å². The van der Waals surface area contributed by atoms with E-state index in [1.54, 1.807) is 7.05 Å². The van der Waals surface area contributed by atoms with Crippen LogP contribution in [0.5, 0.6) is 0 Å². The summed E-state index contributed by atoms with van der Waals surface area (Å²) in [6.07, 6.45) is 3.20. The Morgan fingerprint density at radius 3 is 2.60 bits per heavy atom. The third-order valence-electron chi connectivity index (χ3n) is 6.08. The molecule has 3 rings (SSSR count). The van der Waals surface area contributed by atoms with Crippen molar-refractivity contribution < 1.29 is 23.9 Å². The summed E-state index contributed by atoms with van der Waals surface area (Å²) in [7, 11) is 1.63. The summed E-state index contributed by atoms with van der Waals surface area (Å²) in [6.45, 7) is 0.716. The Labute approximate surface area is 180 Å². The molecule has 30 heavy (non-hydrogen) atoms. The lowest BCUT2D eigenvalue weighted by molar-refractivity contribution is -0.154. The molecule has 1 saturated heterocycles. The zero-order valence-corrected chi connectivity index (χ0v) is 17.7. The summed E-state index contributed by atoms with van der Waals surface area (Å²) < 4.78 is 13.4. The first-order valence-corrected chi connectivity index (χ1v) is 10.6. The molecule has 1 heterocycles. The van der Waals surface area contributed by atoms with Gasteiger partial charge in [0.1, 0.15) is 5.82 Å². The van der Waals surface area contributed by atoms with Gasteiger partial charge < -0.3 is 20.6 Å². The number of amides is 3. The highest BCUT2D eigenvalue weighted by atomic mass is 35.5.